The summed E-state index contributed by atoms with van der Waals surface area (Å²) in [5.74, 6) is -0.936. The minimum Gasteiger partial charge on any atom is -0.451 e. The number of hydrogen-bond acceptors (Lipinski definition) is 3. The van der Waals surface area contributed by atoms with Crippen LogP contribution in [0.5, 0.6) is 0 Å². The Kier molecular flexibility index (Phi) is 3.87. The normalized spacial score (nSPS) is 10.4. The maximum Gasteiger partial charge on any atom is 0.355 e. The van der Waals surface area contributed by atoms with Crippen molar-refractivity contribution in [1.29, 1.82) is 0 Å². The van der Waals surface area contributed by atoms with Crippen LogP contribution < -0.4 is 5.32 Å². The number of aromatic amines is 1. The van der Waals surface area contributed by atoms with Gasteiger partial charge in [-0.3, -0.25) is 4.79 Å². The van der Waals surface area contributed by atoms with Gasteiger partial charge in [-0.1, -0.05) is 30.3 Å². The smallest absolute Gasteiger partial charge is 0.355 e. The molecule has 22 heavy (non-hydrogen) atoms. The van der Waals surface area contributed by atoms with Crippen molar-refractivity contribution < 1.29 is 14.3 Å². The number of carbonyl (C=O) groups is 2. The van der Waals surface area contributed by atoms with Crippen molar-refractivity contribution in [2.75, 3.05) is 11.9 Å². The maximum atomic E-state index is 11.8. The number of fused-ring (bicyclic) bond motifs is 1. The van der Waals surface area contributed by atoms with Crippen molar-refractivity contribution in [3.05, 3.63) is 66.5 Å². The van der Waals surface area contributed by atoms with Gasteiger partial charge in [0, 0.05) is 11.9 Å². The SMILES string of the molecule is O=C(COC(=O)c1ccc[nH]1)Nc1ccc2ccccc2c1. The van der Waals surface area contributed by atoms with Gasteiger partial charge >= 0.3 is 5.97 Å². The molecule has 0 aliphatic rings. The van der Waals surface area contributed by atoms with Gasteiger partial charge in [0.05, 0.1) is 0 Å². The monoisotopic (exact) mass is 294 g/mol. The number of nitrogens with one attached hydrogen (secondary N) is 2. The third-order valence-electron chi connectivity index (χ3n) is 3.19. The van der Waals surface area contributed by atoms with Crippen LogP contribution in [0.25, 0.3) is 10.8 Å². The van der Waals surface area contributed by atoms with E-state index in [-0.39, 0.29) is 12.5 Å². The van der Waals surface area contributed by atoms with Crippen molar-refractivity contribution in [2.45, 2.75) is 0 Å². The fourth-order valence-electron chi connectivity index (χ4n) is 2.13. The Morgan fingerprint density at radius 1 is 1.00 bits per heavy atom. The summed E-state index contributed by atoms with van der Waals surface area (Å²) in [4.78, 5) is 26.2. The highest BCUT2D eigenvalue weighted by molar-refractivity contribution is 5.96. The second-order valence-electron chi connectivity index (χ2n) is 4.77. The lowest BCUT2D eigenvalue weighted by atomic mass is 10.1. The first-order chi connectivity index (χ1) is 10.7. The summed E-state index contributed by atoms with van der Waals surface area (Å²) in [6.07, 6.45) is 1.62. The van der Waals surface area contributed by atoms with E-state index in [1.54, 1.807) is 18.3 Å². The molecule has 3 aromatic rings. The fraction of sp³-hybridized carbons (Fsp3) is 0.0588. The van der Waals surface area contributed by atoms with Crippen molar-refractivity contribution in [2.24, 2.45) is 0 Å². The predicted octanol–water partition coefficient (Wildman–Crippen LogP) is 2.96. The second kappa shape index (κ2) is 6.13. The van der Waals surface area contributed by atoms with Gasteiger partial charge in [-0.2, -0.15) is 0 Å². The van der Waals surface area contributed by atoms with E-state index in [0.717, 1.165) is 10.8 Å². The summed E-state index contributed by atoms with van der Waals surface area (Å²) >= 11 is 0. The molecule has 0 saturated carbocycles. The first kappa shape index (κ1) is 13.9. The summed E-state index contributed by atoms with van der Waals surface area (Å²) in [5.41, 5.74) is 0.984. The van der Waals surface area contributed by atoms with Crippen molar-refractivity contribution >= 4 is 28.3 Å². The van der Waals surface area contributed by atoms with E-state index in [1.807, 2.05) is 42.5 Å². The average Bonchev–Trinajstić information content (AvgIpc) is 3.07. The summed E-state index contributed by atoms with van der Waals surface area (Å²) in [6.45, 7) is -0.329. The quantitative estimate of drug-likeness (QED) is 0.727. The van der Waals surface area contributed by atoms with Crippen LogP contribution in [-0.4, -0.2) is 23.5 Å². The molecule has 0 unspecified atom stereocenters. The van der Waals surface area contributed by atoms with E-state index in [9.17, 15) is 9.59 Å². The standard InChI is InChI=1S/C17H14N2O3/c20-16(11-22-17(21)15-6-3-9-18-15)19-14-8-7-12-4-1-2-5-13(12)10-14/h1-10,18H,11H2,(H,19,20). The molecule has 0 aliphatic carbocycles. The van der Waals surface area contributed by atoms with Crippen LogP contribution >= 0.6 is 0 Å². The zero-order chi connectivity index (χ0) is 15.4. The number of rotatable bonds is 4. The lowest BCUT2D eigenvalue weighted by Gasteiger charge is -2.07. The number of anilines is 1. The zero-order valence-corrected chi connectivity index (χ0v) is 11.7. The first-order valence-corrected chi connectivity index (χ1v) is 6.81. The Balaban J connectivity index is 1.59. The van der Waals surface area contributed by atoms with Gasteiger partial charge in [-0.25, -0.2) is 4.79 Å². The van der Waals surface area contributed by atoms with E-state index in [2.05, 4.69) is 10.3 Å². The number of hydrogen-bond donors (Lipinski definition) is 2. The largest absolute Gasteiger partial charge is 0.451 e. The number of aromatic nitrogens is 1. The molecule has 0 aliphatic heterocycles. The molecule has 2 N–H and O–H groups in total. The van der Waals surface area contributed by atoms with Gasteiger partial charge < -0.3 is 15.0 Å². The Labute approximate surface area is 126 Å². The summed E-state index contributed by atoms with van der Waals surface area (Å²) in [5, 5.41) is 4.84. The lowest BCUT2D eigenvalue weighted by Crippen LogP contribution is -2.21. The molecule has 1 amide bonds. The number of benzene rings is 2. The van der Waals surface area contributed by atoms with Crippen LogP contribution in [0.2, 0.25) is 0 Å². The van der Waals surface area contributed by atoms with Gasteiger partial charge in [0.15, 0.2) is 6.61 Å². The first-order valence-electron chi connectivity index (χ1n) is 6.81. The van der Waals surface area contributed by atoms with E-state index in [1.165, 1.54) is 0 Å². The molecule has 0 spiro atoms. The van der Waals surface area contributed by atoms with Gasteiger partial charge in [0.2, 0.25) is 0 Å². The molecular weight excluding hydrogens is 280 g/mol. The molecular formula is C17H14N2O3. The van der Waals surface area contributed by atoms with E-state index in [0.29, 0.717) is 11.4 Å². The molecule has 0 bridgehead atoms. The highest BCUT2D eigenvalue weighted by Crippen LogP contribution is 2.18. The Morgan fingerprint density at radius 3 is 2.59 bits per heavy atom. The highest BCUT2D eigenvalue weighted by atomic mass is 16.5. The average molecular weight is 294 g/mol. The molecule has 1 aromatic heterocycles. The minimum absolute atomic E-state index is 0.318. The summed E-state index contributed by atoms with van der Waals surface area (Å²) < 4.78 is 4.93. The van der Waals surface area contributed by atoms with Crippen LogP contribution in [0.3, 0.4) is 0 Å². The van der Waals surface area contributed by atoms with Crippen molar-refractivity contribution in [3.8, 4) is 0 Å². The summed E-state index contributed by atoms with van der Waals surface area (Å²) in [7, 11) is 0. The topological polar surface area (TPSA) is 71.2 Å². The van der Waals surface area contributed by atoms with Crippen LogP contribution in [0.1, 0.15) is 10.5 Å². The number of esters is 1. The molecule has 110 valence electrons. The van der Waals surface area contributed by atoms with E-state index < -0.39 is 5.97 Å². The third-order valence-corrected chi connectivity index (χ3v) is 3.19. The Morgan fingerprint density at radius 2 is 1.82 bits per heavy atom. The Hall–Kier alpha value is -3.08. The molecule has 5 nitrogen and oxygen atoms in total. The molecule has 0 atom stereocenters. The molecule has 2 aromatic carbocycles. The van der Waals surface area contributed by atoms with Gasteiger partial charge in [-0.05, 0) is 35.0 Å². The number of H-pyrrole nitrogens is 1. The van der Waals surface area contributed by atoms with Crippen LogP contribution in [-0.2, 0) is 9.53 Å². The van der Waals surface area contributed by atoms with E-state index in [4.69, 9.17) is 4.74 Å². The van der Waals surface area contributed by atoms with Crippen LogP contribution in [0.4, 0.5) is 5.69 Å². The molecule has 0 radical (unpaired) electrons. The number of amides is 1. The van der Waals surface area contributed by atoms with E-state index >= 15 is 0 Å². The Bertz CT molecular complexity index is 810. The molecule has 1 heterocycles. The molecule has 0 saturated heterocycles. The number of carbonyl (C=O) groups excluding carboxylic acids is 2. The summed E-state index contributed by atoms with van der Waals surface area (Å²) in [6, 6.07) is 16.8. The molecule has 3 rings (SSSR count). The van der Waals surface area contributed by atoms with Crippen molar-refractivity contribution in [1.82, 2.24) is 4.98 Å². The van der Waals surface area contributed by atoms with Gasteiger partial charge in [0.1, 0.15) is 5.69 Å². The van der Waals surface area contributed by atoms with Gasteiger partial charge in [-0.15, -0.1) is 0 Å². The third kappa shape index (κ3) is 3.15. The zero-order valence-electron chi connectivity index (χ0n) is 11.7. The van der Waals surface area contributed by atoms with Crippen LogP contribution in [0, 0.1) is 0 Å². The second-order valence-corrected chi connectivity index (χ2v) is 4.77. The predicted molar refractivity (Wildman–Crippen MR) is 83.7 cm³/mol. The van der Waals surface area contributed by atoms with Gasteiger partial charge in [0.25, 0.3) is 5.91 Å². The van der Waals surface area contributed by atoms with Crippen molar-refractivity contribution in [3.63, 3.8) is 0 Å². The highest BCUT2D eigenvalue weighted by Gasteiger charge is 2.10. The maximum absolute atomic E-state index is 11.8. The molecule has 5 heteroatoms. The lowest BCUT2D eigenvalue weighted by molar-refractivity contribution is -0.119. The fourth-order valence-corrected chi connectivity index (χ4v) is 2.13. The van der Waals surface area contributed by atoms with Crippen LogP contribution in [0.15, 0.2) is 60.8 Å². The number of ether oxygens (including phenoxy) is 1. The molecule has 0 fully saturated rings. The minimum atomic E-state index is -0.557.